The van der Waals surface area contributed by atoms with E-state index < -0.39 is 59.2 Å². The standard InChI is InChI=1S/C24H29F6N5O3/c1-6-18-11-19(7-14(4)34(18)22(37)38-13(2)3)35(21-31-12-33(5)32-21)20(36)15-8-16(23(25,26)27)10-17(9-15)24(28,29)30/h8-10,12-14,18-19H,6-7,11H2,1-5H3/t14?,18-,19-/m1/s1. The van der Waals surface area contributed by atoms with Crippen molar-refractivity contribution in [2.75, 3.05) is 4.90 Å². The molecule has 210 valence electrons. The molecular formula is C24H29F6N5O3. The van der Waals surface area contributed by atoms with Crippen molar-refractivity contribution in [3.05, 3.63) is 41.2 Å². The summed E-state index contributed by atoms with van der Waals surface area (Å²) in [6.45, 7) is 6.96. The summed E-state index contributed by atoms with van der Waals surface area (Å²) in [7, 11) is 1.51. The van der Waals surface area contributed by atoms with E-state index in [9.17, 15) is 35.9 Å². The molecule has 0 aliphatic carbocycles. The molecule has 14 heteroatoms. The zero-order valence-electron chi connectivity index (χ0n) is 21.5. The highest BCUT2D eigenvalue weighted by Gasteiger charge is 2.43. The topological polar surface area (TPSA) is 80.6 Å². The quantitative estimate of drug-likeness (QED) is 0.449. The molecule has 2 heterocycles. The Kier molecular flexibility index (Phi) is 8.32. The summed E-state index contributed by atoms with van der Waals surface area (Å²) in [6.07, 6.45) is -9.07. The molecule has 0 spiro atoms. The van der Waals surface area contributed by atoms with E-state index in [-0.39, 0.29) is 31.0 Å². The molecule has 0 radical (unpaired) electrons. The molecule has 1 fully saturated rings. The predicted octanol–water partition coefficient (Wildman–Crippen LogP) is 5.68. The second-order valence-corrected chi connectivity index (χ2v) is 9.56. The lowest BCUT2D eigenvalue weighted by Crippen LogP contribution is -2.57. The van der Waals surface area contributed by atoms with Crippen LogP contribution in [-0.4, -0.2) is 55.9 Å². The number of ether oxygens (including phenoxy) is 1. The van der Waals surface area contributed by atoms with Crippen LogP contribution in [0.2, 0.25) is 0 Å². The van der Waals surface area contributed by atoms with Crippen LogP contribution < -0.4 is 4.90 Å². The Morgan fingerprint density at radius 3 is 2.11 bits per heavy atom. The Balaban J connectivity index is 2.07. The lowest BCUT2D eigenvalue weighted by Gasteiger charge is -2.45. The fraction of sp³-hybridized carbons (Fsp3) is 0.583. The van der Waals surface area contributed by atoms with Crippen molar-refractivity contribution in [2.24, 2.45) is 7.05 Å². The van der Waals surface area contributed by atoms with Gasteiger partial charge in [0.1, 0.15) is 6.33 Å². The monoisotopic (exact) mass is 549 g/mol. The van der Waals surface area contributed by atoms with Crippen molar-refractivity contribution >= 4 is 17.9 Å². The smallest absolute Gasteiger partial charge is 0.416 e. The van der Waals surface area contributed by atoms with Crippen molar-refractivity contribution in [1.82, 2.24) is 19.7 Å². The molecule has 0 bridgehead atoms. The Bertz CT molecular complexity index is 1130. The number of amides is 2. The van der Waals surface area contributed by atoms with Crippen molar-refractivity contribution < 1.29 is 40.7 Å². The van der Waals surface area contributed by atoms with Gasteiger partial charge in [0.2, 0.25) is 0 Å². The normalized spacial score (nSPS) is 20.5. The molecule has 38 heavy (non-hydrogen) atoms. The Hall–Kier alpha value is -3.32. The first-order chi connectivity index (χ1) is 17.5. The fourth-order valence-electron chi connectivity index (χ4n) is 4.63. The number of alkyl halides is 6. The Morgan fingerprint density at radius 1 is 1.08 bits per heavy atom. The van der Waals surface area contributed by atoms with Gasteiger partial charge in [-0.1, -0.05) is 6.92 Å². The van der Waals surface area contributed by atoms with Crippen molar-refractivity contribution in [1.29, 1.82) is 0 Å². The molecule has 1 aromatic heterocycles. The first kappa shape index (κ1) is 29.2. The highest BCUT2D eigenvalue weighted by atomic mass is 19.4. The number of rotatable bonds is 5. The summed E-state index contributed by atoms with van der Waals surface area (Å²) in [5, 5.41) is 4.11. The molecule has 3 atom stereocenters. The molecular weight excluding hydrogens is 520 g/mol. The number of aromatic nitrogens is 3. The average Bonchev–Trinajstić information content (AvgIpc) is 3.22. The van der Waals surface area contributed by atoms with Gasteiger partial charge in [0.15, 0.2) is 0 Å². The first-order valence-corrected chi connectivity index (χ1v) is 12.0. The van der Waals surface area contributed by atoms with Crippen LogP contribution in [0.1, 0.15) is 68.4 Å². The number of halogens is 6. The van der Waals surface area contributed by atoms with Crippen LogP contribution in [0.4, 0.5) is 37.1 Å². The second-order valence-electron chi connectivity index (χ2n) is 9.56. The van der Waals surface area contributed by atoms with Gasteiger partial charge in [-0.3, -0.25) is 14.4 Å². The minimum absolute atomic E-state index is 0.0336. The highest BCUT2D eigenvalue weighted by Crippen LogP contribution is 2.38. The van der Waals surface area contributed by atoms with Crippen LogP contribution >= 0.6 is 0 Å². The SMILES string of the molecule is CC[C@@H]1C[C@H](N(C(=O)c2cc(C(F)(F)F)cc(C(F)(F)F)c2)c2ncn(C)n2)CC(C)N1C(=O)OC(C)C. The summed E-state index contributed by atoms with van der Waals surface area (Å²) in [5.41, 5.74) is -4.01. The van der Waals surface area contributed by atoms with E-state index in [1.54, 1.807) is 25.7 Å². The summed E-state index contributed by atoms with van der Waals surface area (Å²) >= 11 is 0. The summed E-state index contributed by atoms with van der Waals surface area (Å²) in [4.78, 5) is 33.0. The van der Waals surface area contributed by atoms with Crippen LogP contribution in [0.25, 0.3) is 0 Å². The number of anilines is 1. The van der Waals surface area contributed by atoms with Gasteiger partial charge in [-0.15, -0.1) is 5.10 Å². The number of aryl methyl sites for hydroxylation is 1. The molecule has 1 aliphatic rings. The van der Waals surface area contributed by atoms with Gasteiger partial charge >= 0.3 is 18.4 Å². The third-order valence-corrected chi connectivity index (χ3v) is 6.27. The van der Waals surface area contributed by atoms with Gasteiger partial charge in [-0.2, -0.15) is 26.3 Å². The molecule has 1 saturated heterocycles. The number of piperidine rings is 1. The number of hydrogen-bond acceptors (Lipinski definition) is 5. The number of nitrogens with zero attached hydrogens (tertiary/aromatic N) is 5. The van der Waals surface area contributed by atoms with Crippen LogP contribution in [0.5, 0.6) is 0 Å². The number of likely N-dealkylation sites (tertiary alicyclic amines) is 1. The average molecular weight is 550 g/mol. The van der Waals surface area contributed by atoms with E-state index in [0.29, 0.717) is 18.6 Å². The molecule has 0 N–H and O–H groups in total. The zero-order valence-corrected chi connectivity index (χ0v) is 21.5. The van der Waals surface area contributed by atoms with Gasteiger partial charge in [0, 0.05) is 30.7 Å². The second kappa shape index (κ2) is 10.8. The lowest BCUT2D eigenvalue weighted by molar-refractivity contribution is -0.143. The lowest BCUT2D eigenvalue weighted by atomic mass is 9.89. The Labute approximate surface area is 215 Å². The molecule has 2 aromatic rings. The fourth-order valence-corrected chi connectivity index (χ4v) is 4.63. The van der Waals surface area contributed by atoms with Crippen molar-refractivity contribution in [2.45, 2.75) is 83.5 Å². The van der Waals surface area contributed by atoms with Crippen molar-refractivity contribution in [3.63, 3.8) is 0 Å². The zero-order chi connectivity index (χ0) is 28.6. The first-order valence-electron chi connectivity index (χ1n) is 12.0. The van der Waals surface area contributed by atoms with Gasteiger partial charge < -0.3 is 9.64 Å². The largest absolute Gasteiger partial charge is 0.447 e. The van der Waals surface area contributed by atoms with Crippen LogP contribution in [0.15, 0.2) is 24.5 Å². The molecule has 0 saturated carbocycles. The van der Waals surface area contributed by atoms with Crippen LogP contribution in [0.3, 0.4) is 0 Å². The predicted molar refractivity (Wildman–Crippen MR) is 124 cm³/mol. The molecule has 2 amide bonds. The minimum Gasteiger partial charge on any atom is -0.447 e. The van der Waals surface area contributed by atoms with E-state index in [1.165, 1.54) is 18.1 Å². The molecule has 1 unspecified atom stereocenters. The maximum absolute atomic E-state index is 13.7. The maximum Gasteiger partial charge on any atom is 0.416 e. The summed E-state index contributed by atoms with van der Waals surface area (Å²) in [6, 6.07) is -0.852. The van der Waals surface area contributed by atoms with Crippen LogP contribution in [-0.2, 0) is 24.1 Å². The molecule has 8 nitrogen and oxygen atoms in total. The third kappa shape index (κ3) is 6.38. The number of benzene rings is 1. The minimum atomic E-state index is -5.12. The number of hydrogen-bond donors (Lipinski definition) is 0. The van der Waals surface area contributed by atoms with Gasteiger partial charge in [0.05, 0.1) is 17.2 Å². The van der Waals surface area contributed by atoms with E-state index in [2.05, 4.69) is 10.1 Å². The Morgan fingerprint density at radius 2 is 1.66 bits per heavy atom. The van der Waals surface area contributed by atoms with E-state index in [1.807, 2.05) is 6.92 Å². The highest BCUT2D eigenvalue weighted by molar-refractivity contribution is 6.05. The van der Waals surface area contributed by atoms with Crippen molar-refractivity contribution in [3.8, 4) is 0 Å². The van der Waals surface area contributed by atoms with Gasteiger partial charge in [-0.05, 0) is 58.2 Å². The third-order valence-electron chi connectivity index (χ3n) is 6.27. The number of carbonyl (C=O) groups is 2. The van der Waals surface area contributed by atoms with E-state index in [0.717, 1.165) is 4.90 Å². The van der Waals surface area contributed by atoms with Crippen LogP contribution in [0, 0.1) is 0 Å². The van der Waals surface area contributed by atoms with Gasteiger partial charge in [-0.25, -0.2) is 9.78 Å². The molecule has 3 rings (SSSR count). The van der Waals surface area contributed by atoms with E-state index in [4.69, 9.17) is 4.74 Å². The molecule has 1 aromatic carbocycles. The summed E-state index contributed by atoms with van der Waals surface area (Å²) in [5.74, 6) is -1.29. The summed E-state index contributed by atoms with van der Waals surface area (Å²) < 4.78 is 87.4. The molecule has 1 aliphatic heterocycles. The maximum atomic E-state index is 13.7. The number of carbonyl (C=O) groups excluding carboxylic acids is 2. The van der Waals surface area contributed by atoms with Gasteiger partial charge in [0.25, 0.3) is 11.9 Å². The van der Waals surface area contributed by atoms with E-state index >= 15 is 0 Å².